The van der Waals surface area contributed by atoms with Crippen molar-refractivity contribution in [1.29, 1.82) is 0 Å². The van der Waals surface area contributed by atoms with E-state index < -0.39 is 5.54 Å². The molecule has 18 heavy (non-hydrogen) atoms. The number of hydrogen-bond donors (Lipinski definition) is 2. The Morgan fingerprint density at radius 1 is 1.50 bits per heavy atom. The highest BCUT2D eigenvalue weighted by molar-refractivity contribution is 5.84. The van der Waals surface area contributed by atoms with Gasteiger partial charge in [-0.1, -0.05) is 6.92 Å². The van der Waals surface area contributed by atoms with Crippen molar-refractivity contribution in [2.75, 3.05) is 19.6 Å². The molecular formula is C14H29N3O. The third-order valence-electron chi connectivity index (χ3n) is 4.26. The molecule has 4 nitrogen and oxygen atoms in total. The zero-order chi connectivity index (χ0) is 13.8. The van der Waals surface area contributed by atoms with Gasteiger partial charge in [-0.3, -0.25) is 9.69 Å². The van der Waals surface area contributed by atoms with Gasteiger partial charge in [-0.05, 0) is 59.5 Å². The third-order valence-corrected chi connectivity index (χ3v) is 4.26. The van der Waals surface area contributed by atoms with Crippen molar-refractivity contribution in [3.8, 4) is 0 Å². The van der Waals surface area contributed by atoms with Crippen LogP contribution in [0, 0.1) is 0 Å². The van der Waals surface area contributed by atoms with Crippen molar-refractivity contribution in [1.82, 2.24) is 10.2 Å². The molecule has 1 rings (SSSR count). The molecule has 1 unspecified atom stereocenters. The minimum absolute atomic E-state index is 0.243. The largest absolute Gasteiger partial charge is 0.368 e. The lowest BCUT2D eigenvalue weighted by molar-refractivity contribution is -0.124. The number of likely N-dealkylation sites (tertiary alicyclic amines) is 1. The lowest BCUT2D eigenvalue weighted by Gasteiger charge is -2.35. The van der Waals surface area contributed by atoms with Crippen LogP contribution >= 0.6 is 0 Å². The van der Waals surface area contributed by atoms with Crippen LogP contribution in [0.5, 0.6) is 0 Å². The Bertz CT molecular complexity index is 291. The average molecular weight is 255 g/mol. The van der Waals surface area contributed by atoms with Crippen LogP contribution in [-0.2, 0) is 4.79 Å². The fourth-order valence-electron chi connectivity index (χ4n) is 2.64. The second kappa shape index (κ2) is 6.02. The van der Waals surface area contributed by atoms with Crippen molar-refractivity contribution >= 4 is 5.91 Å². The van der Waals surface area contributed by atoms with Crippen LogP contribution < -0.4 is 11.1 Å². The Morgan fingerprint density at radius 3 is 2.61 bits per heavy atom. The summed E-state index contributed by atoms with van der Waals surface area (Å²) in [6.07, 6.45) is 4.29. The molecule has 0 saturated carbocycles. The standard InChI is InChI=1S/C14H29N3O/c1-5-9-16-14(4,12(15)18)8-11-17-10-6-7-13(17,2)3/h16H,5-11H2,1-4H3,(H2,15,18). The number of nitrogens with zero attached hydrogens (tertiary/aromatic N) is 1. The van der Waals surface area contributed by atoms with E-state index in [1.54, 1.807) is 0 Å². The predicted octanol–water partition coefficient (Wildman–Crippen LogP) is 1.49. The average Bonchev–Trinajstić information content (AvgIpc) is 2.63. The zero-order valence-electron chi connectivity index (χ0n) is 12.4. The first-order valence-electron chi connectivity index (χ1n) is 7.12. The highest BCUT2D eigenvalue weighted by atomic mass is 16.1. The van der Waals surface area contributed by atoms with Gasteiger partial charge in [0.25, 0.3) is 0 Å². The molecule has 1 aliphatic rings. The van der Waals surface area contributed by atoms with Gasteiger partial charge in [0.15, 0.2) is 0 Å². The molecule has 1 saturated heterocycles. The quantitative estimate of drug-likeness (QED) is 0.725. The summed E-state index contributed by atoms with van der Waals surface area (Å²) < 4.78 is 0. The molecule has 0 radical (unpaired) electrons. The Kier molecular flexibility index (Phi) is 5.17. The van der Waals surface area contributed by atoms with Crippen LogP contribution in [0.3, 0.4) is 0 Å². The predicted molar refractivity (Wildman–Crippen MR) is 75.4 cm³/mol. The van der Waals surface area contributed by atoms with E-state index >= 15 is 0 Å². The minimum Gasteiger partial charge on any atom is -0.368 e. The number of amides is 1. The summed E-state index contributed by atoms with van der Waals surface area (Å²) in [6.45, 7) is 11.5. The Balaban J connectivity index is 2.54. The van der Waals surface area contributed by atoms with E-state index in [1.807, 2.05) is 6.92 Å². The molecule has 3 N–H and O–H groups in total. The van der Waals surface area contributed by atoms with E-state index in [4.69, 9.17) is 5.73 Å². The molecule has 0 aromatic heterocycles. The summed E-state index contributed by atoms with van der Waals surface area (Å²) in [5, 5.41) is 3.30. The number of primary amides is 1. The molecule has 1 aliphatic heterocycles. The number of hydrogen-bond acceptors (Lipinski definition) is 3. The van der Waals surface area contributed by atoms with E-state index in [0.29, 0.717) is 0 Å². The smallest absolute Gasteiger partial charge is 0.237 e. The molecule has 106 valence electrons. The molecule has 1 heterocycles. The first kappa shape index (κ1) is 15.4. The maximum absolute atomic E-state index is 11.6. The van der Waals surface area contributed by atoms with Crippen LogP contribution in [0.4, 0.5) is 0 Å². The summed E-state index contributed by atoms with van der Waals surface area (Å²) in [6, 6.07) is 0. The molecule has 0 aromatic carbocycles. The van der Waals surface area contributed by atoms with Crippen LogP contribution in [0.1, 0.15) is 53.4 Å². The van der Waals surface area contributed by atoms with Gasteiger partial charge in [-0.15, -0.1) is 0 Å². The summed E-state index contributed by atoms with van der Waals surface area (Å²) in [5.41, 5.74) is 5.24. The normalized spacial score (nSPS) is 22.9. The van der Waals surface area contributed by atoms with E-state index in [2.05, 4.69) is 31.0 Å². The van der Waals surface area contributed by atoms with Gasteiger partial charge in [0.2, 0.25) is 5.91 Å². The van der Waals surface area contributed by atoms with Crippen LogP contribution in [-0.4, -0.2) is 41.5 Å². The number of carbonyl (C=O) groups excluding carboxylic acids is 1. The molecule has 0 spiro atoms. The zero-order valence-corrected chi connectivity index (χ0v) is 12.4. The van der Waals surface area contributed by atoms with Crippen molar-refractivity contribution in [2.45, 2.75) is 64.5 Å². The molecule has 0 bridgehead atoms. The van der Waals surface area contributed by atoms with Crippen LogP contribution in [0.2, 0.25) is 0 Å². The van der Waals surface area contributed by atoms with Crippen molar-refractivity contribution in [3.63, 3.8) is 0 Å². The first-order valence-corrected chi connectivity index (χ1v) is 7.12. The van der Waals surface area contributed by atoms with Gasteiger partial charge < -0.3 is 11.1 Å². The summed E-state index contributed by atoms with van der Waals surface area (Å²) in [4.78, 5) is 14.1. The molecule has 1 fully saturated rings. The molecule has 1 atom stereocenters. The fraction of sp³-hybridized carbons (Fsp3) is 0.929. The van der Waals surface area contributed by atoms with Gasteiger partial charge in [0, 0.05) is 12.1 Å². The van der Waals surface area contributed by atoms with E-state index in [0.717, 1.165) is 32.5 Å². The number of rotatable bonds is 7. The van der Waals surface area contributed by atoms with Crippen molar-refractivity contribution < 1.29 is 4.79 Å². The fourth-order valence-corrected chi connectivity index (χ4v) is 2.64. The van der Waals surface area contributed by atoms with Gasteiger partial charge in [0.1, 0.15) is 0 Å². The van der Waals surface area contributed by atoms with Crippen molar-refractivity contribution in [3.05, 3.63) is 0 Å². The molecule has 0 aliphatic carbocycles. The van der Waals surface area contributed by atoms with Crippen molar-refractivity contribution in [2.24, 2.45) is 5.73 Å². The van der Waals surface area contributed by atoms with Gasteiger partial charge in [-0.2, -0.15) is 0 Å². The molecule has 1 amide bonds. The topological polar surface area (TPSA) is 58.4 Å². The third kappa shape index (κ3) is 3.69. The maximum atomic E-state index is 11.6. The number of nitrogens with two attached hydrogens (primary N) is 1. The highest BCUT2D eigenvalue weighted by Crippen LogP contribution is 2.29. The van der Waals surface area contributed by atoms with Crippen LogP contribution in [0.15, 0.2) is 0 Å². The second-order valence-corrected chi connectivity index (χ2v) is 6.28. The number of nitrogens with one attached hydrogen (secondary N) is 1. The molecule has 4 heteroatoms. The minimum atomic E-state index is -0.575. The summed E-state index contributed by atoms with van der Waals surface area (Å²) in [7, 11) is 0. The first-order chi connectivity index (χ1) is 8.32. The maximum Gasteiger partial charge on any atom is 0.237 e. The number of carbonyl (C=O) groups is 1. The second-order valence-electron chi connectivity index (χ2n) is 6.28. The SMILES string of the molecule is CCCNC(C)(CCN1CCCC1(C)C)C(N)=O. The summed E-state index contributed by atoms with van der Waals surface area (Å²) >= 11 is 0. The van der Waals surface area contributed by atoms with E-state index in [-0.39, 0.29) is 11.4 Å². The Morgan fingerprint density at radius 2 is 2.17 bits per heavy atom. The molecular weight excluding hydrogens is 226 g/mol. The van der Waals surface area contributed by atoms with E-state index in [9.17, 15) is 4.79 Å². The highest BCUT2D eigenvalue weighted by Gasteiger charge is 2.35. The van der Waals surface area contributed by atoms with Gasteiger partial charge >= 0.3 is 0 Å². The summed E-state index contributed by atoms with van der Waals surface area (Å²) in [5.74, 6) is -0.243. The monoisotopic (exact) mass is 255 g/mol. The lowest BCUT2D eigenvalue weighted by atomic mass is 9.95. The Labute approximate surface area is 111 Å². The molecule has 0 aromatic rings. The Hall–Kier alpha value is -0.610. The van der Waals surface area contributed by atoms with Gasteiger partial charge in [0.05, 0.1) is 5.54 Å². The van der Waals surface area contributed by atoms with E-state index in [1.165, 1.54) is 12.8 Å². The lowest BCUT2D eigenvalue weighted by Crippen LogP contribution is -2.55. The van der Waals surface area contributed by atoms with Gasteiger partial charge in [-0.25, -0.2) is 0 Å². The van der Waals surface area contributed by atoms with Crippen LogP contribution in [0.25, 0.3) is 0 Å².